The van der Waals surface area contributed by atoms with Gasteiger partial charge in [0.2, 0.25) is 0 Å². The van der Waals surface area contributed by atoms with Crippen molar-refractivity contribution in [2.75, 3.05) is 0 Å². The van der Waals surface area contributed by atoms with E-state index >= 15 is 0 Å². The molecule has 0 amide bonds. The molecule has 0 bridgehead atoms. The number of nitrogens with two attached hydrogens (primary N) is 1. The summed E-state index contributed by atoms with van der Waals surface area (Å²) in [6, 6.07) is 12.4. The van der Waals surface area contributed by atoms with Crippen molar-refractivity contribution >= 4 is 27.5 Å². The molecule has 0 saturated heterocycles. The van der Waals surface area contributed by atoms with E-state index in [0.29, 0.717) is 6.42 Å². The van der Waals surface area contributed by atoms with Crippen LogP contribution in [0.1, 0.15) is 17.2 Å². The maximum atomic E-state index is 13.3. The summed E-state index contributed by atoms with van der Waals surface area (Å²) in [6.07, 6.45) is 0.574. The molecule has 0 aliphatic carbocycles. The lowest BCUT2D eigenvalue weighted by molar-refractivity contribution is 0.622. The molecule has 0 heterocycles. The number of hydrogen-bond acceptors (Lipinski definition) is 1. The molecule has 0 fully saturated rings. The molecule has 4 heteroatoms. The van der Waals surface area contributed by atoms with E-state index in [1.165, 1.54) is 6.07 Å². The van der Waals surface area contributed by atoms with Gasteiger partial charge in [-0.1, -0.05) is 45.7 Å². The van der Waals surface area contributed by atoms with E-state index in [0.717, 1.165) is 15.6 Å². The summed E-state index contributed by atoms with van der Waals surface area (Å²) in [4.78, 5) is 0. The average Bonchev–Trinajstić information content (AvgIpc) is 2.34. The van der Waals surface area contributed by atoms with Crippen molar-refractivity contribution in [2.24, 2.45) is 5.73 Å². The summed E-state index contributed by atoms with van der Waals surface area (Å²) >= 11 is 9.05. The van der Waals surface area contributed by atoms with Crippen molar-refractivity contribution in [2.45, 2.75) is 12.5 Å². The normalized spacial score (nSPS) is 12.4. The Hall–Kier alpha value is -0.900. The SMILES string of the molecule is NC(Cc1ccc(Cl)c(F)c1)c1cccc(Br)c1. The molecule has 2 aromatic carbocycles. The molecule has 2 aromatic rings. The third kappa shape index (κ3) is 3.31. The monoisotopic (exact) mass is 327 g/mol. The van der Waals surface area contributed by atoms with Gasteiger partial charge in [0.25, 0.3) is 0 Å². The molecular weight excluding hydrogens is 317 g/mol. The first-order valence-corrected chi connectivity index (χ1v) is 6.68. The van der Waals surface area contributed by atoms with Crippen LogP contribution in [-0.2, 0) is 6.42 Å². The maximum Gasteiger partial charge on any atom is 0.142 e. The Morgan fingerprint density at radius 1 is 1.22 bits per heavy atom. The zero-order valence-electron chi connectivity index (χ0n) is 9.54. The van der Waals surface area contributed by atoms with Gasteiger partial charge in [-0.25, -0.2) is 4.39 Å². The highest BCUT2D eigenvalue weighted by atomic mass is 79.9. The van der Waals surface area contributed by atoms with E-state index in [9.17, 15) is 4.39 Å². The first kappa shape index (κ1) is 13.5. The van der Waals surface area contributed by atoms with Crippen LogP contribution >= 0.6 is 27.5 Å². The molecule has 18 heavy (non-hydrogen) atoms. The predicted octanol–water partition coefficient (Wildman–Crippen LogP) is 4.48. The zero-order chi connectivity index (χ0) is 13.1. The molecule has 94 valence electrons. The van der Waals surface area contributed by atoms with Crippen molar-refractivity contribution in [3.63, 3.8) is 0 Å². The highest BCUT2D eigenvalue weighted by Crippen LogP contribution is 2.22. The molecular formula is C14H12BrClFN. The molecule has 1 atom stereocenters. The Kier molecular flexibility index (Phi) is 4.38. The van der Waals surface area contributed by atoms with Gasteiger partial charge in [0.1, 0.15) is 5.82 Å². The summed E-state index contributed by atoms with van der Waals surface area (Å²) in [5.41, 5.74) is 7.96. The highest BCUT2D eigenvalue weighted by Gasteiger charge is 2.09. The van der Waals surface area contributed by atoms with Crippen molar-refractivity contribution in [3.8, 4) is 0 Å². The van der Waals surface area contributed by atoms with Gasteiger partial charge in [-0.15, -0.1) is 0 Å². The zero-order valence-corrected chi connectivity index (χ0v) is 11.9. The van der Waals surface area contributed by atoms with Crippen LogP contribution in [0.3, 0.4) is 0 Å². The minimum Gasteiger partial charge on any atom is -0.324 e. The van der Waals surface area contributed by atoms with Gasteiger partial charge < -0.3 is 5.73 Å². The minimum atomic E-state index is -0.407. The van der Waals surface area contributed by atoms with E-state index in [-0.39, 0.29) is 11.1 Å². The van der Waals surface area contributed by atoms with Gasteiger partial charge in [0.15, 0.2) is 0 Å². The fraction of sp³-hybridized carbons (Fsp3) is 0.143. The maximum absolute atomic E-state index is 13.3. The van der Waals surface area contributed by atoms with Crippen LogP contribution in [0.5, 0.6) is 0 Å². The molecule has 0 aliphatic rings. The lowest BCUT2D eigenvalue weighted by Gasteiger charge is -2.12. The van der Waals surface area contributed by atoms with Crippen molar-refractivity contribution in [1.82, 2.24) is 0 Å². The first-order valence-electron chi connectivity index (χ1n) is 5.51. The molecule has 0 radical (unpaired) electrons. The Balaban J connectivity index is 2.16. The first-order chi connectivity index (χ1) is 8.56. The fourth-order valence-electron chi connectivity index (χ4n) is 1.78. The molecule has 2 rings (SSSR count). The summed E-state index contributed by atoms with van der Waals surface area (Å²) in [6.45, 7) is 0. The van der Waals surface area contributed by atoms with Crippen LogP contribution in [0.2, 0.25) is 5.02 Å². The van der Waals surface area contributed by atoms with E-state index in [1.54, 1.807) is 12.1 Å². The molecule has 2 N–H and O–H groups in total. The fourth-order valence-corrected chi connectivity index (χ4v) is 2.31. The smallest absolute Gasteiger partial charge is 0.142 e. The third-order valence-corrected chi connectivity index (χ3v) is 3.52. The van der Waals surface area contributed by atoms with Crippen LogP contribution in [0, 0.1) is 5.82 Å². The van der Waals surface area contributed by atoms with Gasteiger partial charge in [0.05, 0.1) is 5.02 Å². The Morgan fingerprint density at radius 3 is 2.67 bits per heavy atom. The third-order valence-electron chi connectivity index (χ3n) is 2.72. The van der Waals surface area contributed by atoms with Gasteiger partial charge in [-0.3, -0.25) is 0 Å². The summed E-state index contributed by atoms with van der Waals surface area (Å²) in [7, 11) is 0. The second kappa shape index (κ2) is 5.83. The molecule has 0 aromatic heterocycles. The Bertz CT molecular complexity index is 559. The van der Waals surface area contributed by atoms with E-state index < -0.39 is 5.82 Å². The van der Waals surface area contributed by atoms with Crippen LogP contribution in [0.4, 0.5) is 4.39 Å². The van der Waals surface area contributed by atoms with E-state index in [4.69, 9.17) is 17.3 Å². The van der Waals surface area contributed by atoms with E-state index in [2.05, 4.69) is 15.9 Å². The molecule has 0 saturated carbocycles. The molecule has 0 aliphatic heterocycles. The lowest BCUT2D eigenvalue weighted by Crippen LogP contribution is -2.13. The highest BCUT2D eigenvalue weighted by molar-refractivity contribution is 9.10. The predicted molar refractivity (Wildman–Crippen MR) is 76.2 cm³/mol. The quantitative estimate of drug-likeness (QED) is 0.883. The van der Waals surface area contributed by atoms with Gasteiger partial charge in [-0.05, 0) is 41.8 Å². The Labute approximate surface area is 119 Å². The van der Waals surface area contributed by atoms with Gasteiger partial charge in [0, 0.05) is 10.5 Å². The topological polar surface area (TPSA) is 26.0 Å². The number of rotatable bonds is 3. The number of halogens is 3. The number of hydrogen-bond donors (Lipinski definition) is 1. The van der Waals surface area contributed by atoms with Crippen LogP contribution in [0.25, 0.3) is 0 Å². The molecule has 0 spiro atoms. The average molecular weight is 329 g/mol. The van der Waals surface area contributed by atoms with Crippen LogP contribution in [0.15, 0.2) is 46.9 Å². The summed E-state index contributed by atoms with van der Waals surface area (Å²) in [5, 5.41) is 0.134. The minimum absolute atomic E-state index is 0.134. The molecule has 1 nitrogen and oxygen atoms in total. The standard InChI is InChI=1S/C14H12BrClFN/c15-11-3-1-2-10(8-11)14(18)7-9-4-5-12(16)13(17)6-9/h1-6,8,14H,7,18H2. The molecule has 1 unspecified atom stereocenters. The van der Waals surface area contributed by atoms with Gasteiger partial charge >= 0.3 is 0 Å². The summed E-state index contributed by atoms with van der Waals surface area (Å²) < 4.78 is 14.3. The van der Waals surface area contributed by atoms with Crippen molar-refractivity contribution in [1.29, 1.82) is 0 Å². The van der Waals surface area contributed by atoms with Gasteiger partial charge in [-0.2, -0.15) is 0 Å². The largest absolute Gasteiger partial charge is 0.324 e. The van der Waals surface area contributed by atoms with Crippen LogP contribution < -0.4 is 5.73 Å². The second-order valence-electron chi connectivity index (χ2n) is 4.11. The number of benzene rings is 2. The summed E-state index contributed by atoms with van der Waals surface area (Å²) in [5.74, 6) is -0.407. The Morgan fingerprint density at radius 2 is 2.00 bits per heavy atom. The second-order valence-corrected chi connectivity index (χ2v) is 5.44. The van der Waals surface area contributed by atoms with E-state index in [1.807, 2.05) is 24.3 Å². The van der Waals surface area contributed by atoms with Crippen LogP contribution in [-0.4, -0.2) is 0 Å². The lowest BCUT2D eigenvalue weighted by atomic mass is 10.00. The van der Waals surface area contributed by atoms with Crippen molar-refractivity contribution < 1.29 is 4.39 Å². The van der Waals surface area contributed by atoms with Crippen molar-refractivity contribution in [3.05, 3.63) is 68.9 Å².